The Morgan fingerprint density at radius 3 is 2.72 bits per heavy atom. The van der Waals surface area contributed by atoms with Crippen LogP contribution in [-0.4, -0.2) is 40.3 Å². The van der Waals surface area contributed by atoms with Crippen LogP contribution in [0.25, 0.3) is 10.9 Å². The molecule has 0 aliphatic rings. The van der Waals surface area contributed by atoms with Gasteiger partial charge in [0.25, 0.3) is 5.56 Å². The Labute approximate surface area is 197 Å². The lowest BCUT2D eigenvalue weighted by atomic mass is 10.1. The number of para-hydroxylation sites is 1. The summed E-state index contributed by atoms with van der Waals surface area (Å²) in [7, 11) is 3.37. The molecule has 2 aromatic carbocycles. The fraction of sp³-hybridized carbons (Fsp3) is 0.375. The molecule has 0 saturated carbocycles. The number of carbonyl (C=O) groups excluding carboxylic acids is 1. The van der Waals surface area contributed by atoms with Crippen LogP contribution in [-0.2, 0) is 17.9 Å². The number of ether oxygens (including phenoxy) is 1. The van der Waals surface area contributed by atoms with Crippen LogP contribution in [0.1, 0.15) is 25.8 Å². The molecular formula is C24H28ClN3O3S. The van der Waals surface area contributed by atoms with Crippen LogP contribution in [0, 0.1) is 5.92 Å². The van der Waals surface area contributed by atoms with Crippen LogP contribution >= 0.6 is 23.4 Å². The van der Waals surface area contributed by atoms with E-state index in [0.29, 0.717) is 40.1 Å². The topological polar surface area (TPSA) is 64.4 Å². The minimum atomic E-state index is -0.107. The van der Waals surface area contributed by atoms with E-state index in [2.05, 4.69) is 18.8 Å². The van der Waals surface area contributed by atoms with Gasteiger partial charge in [-0.3, -0.25) is 14.2 Å². The summed E-state index contributed by atoms with van der Waals surface area (Å²) in [6.45, 7) is 5.21. The van der Waals surface area contributed by atoms with Crippen molar-refractivity contribution in [1.29, 1.82) is 0 Å². The zero-order valence-electron chi connectivity index (χ0n) is 18.8. The number of hydrogen-bond acceptors (Lipinski definition) is 5. The molecule has 0 radical (unpaired) electrons. The number of halogens is 1. The zero-order chi connectivity index (χ0) is 23.3. The maximum Gasteiger partial charge on any atom is 0.262 e. The van der Waals surface area contributed by atoms with Gasteiger partial charge in [0.2, 0.25) is 5.91 Å². The van der Waals surface area contributed by atoms with Gasteiger partial charge in [0.15, 0.2) is 5.16 Å². The van der Waals surface area contributed by atoms with Gasteiger partial charge in [-0.15, -0.1) is 0 Å². The summed E-state index contributed by atoms with van der Waals surface area (Å²) in [6, 6.07) is 12.7. The van der Waals surface area contributed by atoms with Crippen molar-refractivity contribution in [2.24, 2.45) is 5.92 Å². The molecule has 3 aromatic rings. The molecule has 0 spiro atoms. The first kappa shape index (κ1) is 24.1. The quantitative estimate of drug-likeness (QED) is 0.328. The summed E-state index contributed by atoms with van der Waals surface area (Å²) in [6.07, 6.45) is 0.843. The lowest BCUT2D eigenvalue weighted by molar-refractivity contribution is -0.127. The van der Waals surface area contributed by atoms with Gasteiger partial charge in [0, 0.05) is 30.7 Å². The highest BCUT2D eigenvalue weighted by atomic mass is 35.5. The standard InChI is InChI=1S/C24H28ClN3O3S/c1-16(2)11-12-28-23(30)19-10-9-18(25)13-20(19)26-24(28)32-15-22(29)27(3)14-17-7-5-6-8-21(17)31-4/h5-10,13,16H,11-12,14-15H2,1-4H3. The SMILES string of the molecule is COc1ccccc1CN(C)C(=O)CSc1nc2cc(Cl)ccc2c(=O)n1CCC(C)C. The second kappa shape index (κ2) is 10.9. The highest BCUT2D eigenvalue weighted by Gasteiger charge is 2.17. The van der Waals surface area contributed by atoms with E-state index in [-0.39, 0.29) is 17.2 Å². The maximum atomic E-state index is 13.1. The first-order valence-electron chi connectivity index (χ1n) is 10.5. The molecule has 32 heavy (non-hydrogen) atoms. The number of benzene rings is 2. The molecule has 6 nitrogen and oxygen atoms in total. The van der Waals surface area contributed by atoms with Gasteiger partial charge in [-0.1, -0.05) is 55.4 Å². The molecule has 1 aromatic heterocycles. The summed E-state index contributed by atoms with van der Waals surface area (Å²) >= 11 is 7.39. The van der Waals surface area contributed by atoms with Crippen LogP contribution < -0.4 is 10.3 Å². The van der Waals surface area contributed by atoms with E-state index in [9.17, 15) is 9.59 Å². The predicted octanol–water partition coefficient (Wildman–Crippen LogP) is 4.86. The second-order valence-electron chi connectivity index (χ2n) is 8.05. The second-order valence-corrected chi connectivity index (χ2v) is 9.42. The minimum absolute atomic E-state index is 0.0586. The molecule has 0 aliphatic heterocycles. The number of carbonyl (C=O) groups is 1. The number of thioether (sulfide) groups is 1. The van der Waals surface area contributed by atoms with Crippen molar-refractivity contribution in [3.05, 3.63) is 63.4 Å². The number of nitrogens with zero attached hydrogens (tertiary/aromatic N) is 3. The Morgan fingerprint density at radius 2 is 2.00 bits per heavy atom. The third kappa shape index (κ3) is 5.84. The fourth-order valence-corrected chi connectivity index (χ4v) is 4.41. The smallest absolute Gasteiger partial charge is 0.262 e. The van der Waals surface area contributed by atoms with E-state index in [1.807, 2.05) is 24.3 Å². The molecule has 0 aliphatic carbocycles. The summed E-state index contributed by atoms with van der Waals surface area (Å²) in [5.74, 6) is 1.30. The Kier molecular flexibility index (Phi) is 8.21. The molecule has 0 saturated heterocycles. The largest absolute Gasteiger partial charge is 0.496 e. The lowest BCUT2D eigenvalue weighted by Crippen LogP contribution is -2.29. The molecule has 0 atom stereocenters. The molecule has 0 N–H and O–H groups in total. The van der Waals surface area contributed by atoms with E-state index in [0.717, 1.165) is 17.7 Å². The third-order valence-electron chi connectivity index (χ3n) is 5.16. The van der Waals surface area contributed by atoms with Gasteiger partial charge < -0.3 is 9.64 Å². The van der Waals surface area contributed by atoms with E-state index in [4.69, 9.17) is 16.3 Å². The van der Waals surface area contributed by atoms with Gasteiger partial charge in [-0.25, -0.2) is 4.98 Å². The van der Waals surface area contributed by atoms with Crippen molar-refractivity contribution in [1.82, 2.24) is 14.5 Å². The highest BCUT2D eigenvalue weighted by Crippen LogP contribution is 2.23. The maximum absolute atomic E-state index is 13.1. The number of methoxy groups -OCH3 is 1. The van der Waals surface area contributed by atoms with Crippen LogP contribution in [0.4, 0.5) is 0 Å². The van der Waals surface area contributed by atoms with E-state index in [1.54, 1.807) is 41.8 Å². The monoisotopic (exact) mass is 473 g/mol. The molecule has 170 valence electrons. The van der Waals surface area contributed by atoms with E-state index >= 15 is 0 Å². The normalized spacial score (nSPS) is 11.2. The predicted molar refractivity (Wildman–Crippen MR) is 131 cm³/mol. The molecule has 3 rings (SSSR count). The molecule has 0 fully saturated rings. The van der Waals surface area contributed by atoms with E-state index < -0.39 is 0 Å². The van der Waals surface area contributed by atoms with Crippen LogP contribution in [0.5, 0.6) is 5.75 Å². The van der Waals surface area contributed by atoms with Crippen molar-refractivity contribution < 1.29 is 9.53 Å². The highest BCUT2D eigenvalue weighted by molar-refractivity contribution is 7.99. The van der Waals surface area contributed by atoms with Gasteiger partial charge in [0.1, 0.15) is 5.75 Å². The van der Waals surface area contributed by atoms with Crippen molar-refractivity contribution in [3.63, 3.8) is 0 Å². The number of amides is 1. The Bertz CT molecular complexity index is 1160. The zero-order valence-corrected chi connectivity index (χ0v) is 20.4. The first-order valence-corrected chi connectivity index (χ1v) is 11.8. The van der Waals surface area contributed by atoms with E-state index in [1.165, 1.54) is 11.8 Å². The van der Waals surface area contributed by atoms with Crippen molar-refractivity contribution in [2.75, 3.05) is 19.9 Å². The number of rotatable bonds is 9. The third-order valence-corrected chi connectivity index (χ3v) is 6.36. The Hall–Kier alpha value is -2.51. The lowest BCUT2D eigenvalue weighted by Gasteiger charge is -2.19. The van der Waals surface area contributed by atoms with Gasteiger partial charge in [-0.05, 0) is 36.6 Å². The molecular weight excluding hydrogens is 446 g/mol. The number of hydrogen-bond donors (Lipinski definition) is 0. The summed E-state index contributed by atoms with van der Waals surface area (Å²) in [5.41, 5.74) is 1.37. The first-order chi connectivity index (χ1) is 15.3. The molecule has 1 amide bonds. The Morgan fingerprint density at radius 1 is 1.25 bits per heavy atom. The van der Waals surface area contributed by atoms with Crippen molar-refractivity contribution >= 4 is 40.2 Å². The molecule has 8 heteroatoms. The Balaban J connectivity index is 1.81. The molecule has 0 unspecified atom stereocenters. The summed E-state index contributed by atoms with van der Waals surface area (Å²) in [4.78, 5) is 32.3. The fourth-order valence-electron chi connectivity index (χ4n) is 3.28. The molecule has 0 bridgehead atoms. The van der Waals surface area contributed by atoms with Crippen LogP contribution in [0.3, 0.4) is 0 Å². The summed E-state index contributed by atoms with van der Waals surface area (Å²) in [5, 5.41) is 1.58. The van der Waals surface area contributed by atoms with Gasteiger partial charge in [0.05, 0.1) is 23.8 Å². The average molecular weight is 474 g/mol. The van der Waals surface area contributed by atoms with Crippen molar-refractivity contribution in [2.45, 2.75) is 38.5 Å². The van der Waals surface area contributed by atoms with Crippen molar-refractivity contribution in [3.8, 4) is 5.75 Å². The van der Waals surface area contributed by atoms with Crippen LogP contribution in [0.15, 0.2) is 52.4 Å². The van der Waals surface area contributed by atoms with Gasteiger partial charge >= 0.3 is 0 Å². The number of aromatic nitrogens is 2. The minimum Gasteiger partial charge on any atom is -0.496 e. The molecule has 1 heterocycles. The van der Waals surface area contributed by atoms with Crippen LogP contribution in [0.2, 0.25) is 5.02 Å². The summed E-state index contributed by atoms with van der Waals surface area (Å²) < 4.78 is 7.05. The van der Waals surface area contributed by atoms with Gasteiger partial charge in [-0.2, -0.15) is 0 Å². The average Bonchev–Trinajstić information content (AvgIpc) is 2.76. The number of fused-ring (bicyclic) bond motifs is 1.